The van der Waals surface area contributed by atoms with E-state index in [1.165, 1.54) is 32.4 Å². The van der Waals surface area contributed by atoms with Gasteiger partial charge in [0.05, 0.1) is 5.92 Å². The van der Waals surface area contributed by atoms with Crippen LogP contribution in [0.3, 0.4) is 0 Å². The fourth-order valence-electron chi connectivity index (χ4n) is 2.89. The fourth-order valence-corrected chi connectivity index (χ4v) is 2.89. The summed E-state index contributed by atoms with van der Waals surface area (Å²) in [6.07, 6.45) is 5.92. The Morgan fingerprint density at radius 3 is 2.83 bits per heavy atom. The van der Waals surface area contributed by atoms with E-state index in [1.807, 2.05) is 0 Å². The van der Waals surface area contributed by atoms with Crippen molar-refractivity contribution in [2.24, 2.45) is 17.6 Å². The van der Waals surface area contributed by atoms with Crippen LogP contribution in [0, 0.1) is 11.8 Å². The first-order valence-electron chi connectivity index (χ1n) is 7.46. The second-order valence-electron chi connectivity index (χ2n) is 5.85. The molecular formula is C14H27N3O. The molecule has 2 unspecified atom stereocenters. The molecule has 18 heavy (non-hydrogen) atoms. The molecule has 0 radical (unpaired) electrons. The van der Waals surface area contributed by atoms with Crippen molar-refractivity contribution in [3.63, 3.8) is 0 Å². The van der Waals surface area contributed by atoms with Gasteiger partial charge < -0.3 is 16.0 Å². The molecule has 2 fully saturated rings. The van der Waals surface area contributed by atoms with Crippen LogP contribution < -0.4 is 11.1 Å². The van der Waals surface area contributed by atoms with Gasteiger partial charge in [-0.2, -0.15) is 0 Å². The summed E-state index contributed by atoms with van der Waals surface area (Å²) in [5.41, 5.74) is 5.64. The first-order chi connectivity index (χ1) is 8.74. The van der Waals surface area contributed by atoms with Crippen LogP contribution in [0.5, 0.6) is 0 Å². The smallest absolute Gasteiger partial charge is 0.224 e. The fraction of sp³-hybridized carbons (Fsp3) is 0.929. The van der Waals surface area contributed by atoms with E-state index >= 15 is 0 Å². The number of amides is 1. The number of nitrogens with two attached hydrogens (primary N) is 1. The van der Waals surface area contributed by atoms with Gasteiger partial charge in [-0.15, -0.1) is 0 Å². The Labute approximate surface area is 110 Å². The molecule has 1 amide bonds. The largest absolute Gasteiger partial charge is 0.355 e. The highest BCUT2D eigenvalue weighted by atomic mass is 16.1. The number of carbonyl (C=O) groups is 1. The van der Waals surface area contributed by atoms with Gasteiger partial charge in [-0.3, -0.25) is 4.79 Å². The highest BCUT2D eigenvalue weighted by molar-refractivity contribution is 5.78. The Hall–Kier alpha value is -0.610. The highest BCUT2D eigenvalue weighted by Crippen LogP contribution is 2.31. The molecule has 2 atom stereocenters. The van der Waals surface area contributed by atoms with Gasteiger partial charge in [0.25, 0.3) is 0 Å². The molecule has 1 saturated heterocycles. The van der Waals surface area contributed by atoms with Gasteiger partial charge >= 0.3 is 0 Å². The van der Waals surface area contributed by atoms with E-state index in [-0.39, 0.29) is 11.8 Å². The third kappa shape index (κ3) is 3.69. The third-order valence-electron chi connectivity index (χ3n) is 4.24. The summed E-state index contributed by atoms with van der Waals surface area (Å²) >= 11 is 0. The zero-order chi connectivity index (χ0) is 13.0. The van der Waals surface area contributed by atoms with Crippen molar-refractivity contribution in [1.29, 1.82) is 0 Å². The molecule has 2 aliphatic rings. The molecule has 1 saturated carbocycles. The van der Waals surface area contributed by atoms with Crippen LogP contribution in [0.4, 0.5) is 0 Å². The molecule has 0 bridgehead atoms. The molecule has 4 nitrogen and oxygen atoms in total. The summed E-state index contributed by atoms with van der Waals surface area (Å²) in [6, 6.07) is 0.864. The van der Waals surface area contributed by atoms with Crippen molar-refractivity contribution >= 4 is 5.91 Å². The standard InChI is InChI=1S/C14H27N3O/c1-2-3-12(8-15)14(18)16-9-11-6-7-17(10-11)13-4-5-13/h11-13H,2-10,15H2,1H3,(H,16,18). The Balaban J connectivity index is 1.66. The Kier molecular flexibility index (Phi) is 5.01. The molecule has 1 heterocycles. The van der Waals surface area contributed by atoms with Gasteiger partial charge in [0.1, 0.15) is 0 Å². The van der Waals surface area contributed by atoms with E-state index in [1.54, 1.807) is 0 Å². The summed E-state index contributed by atoms with van der Waals surface area (Å²) in [7, 11) is 0. The summed E-state index contributed by atoms with van der Waals surface area (Å²) in [6.45, 7) is 5.80. The Bertz CT molecular complexity index is 278. The van der Waals surface area contributed by atoms with E-state index in [4.69, 9.17) is 5.73 Å². The molecule has 0 aromatic rings. The minimum atomic E-state index is 0.0101. The summed E-state index contributed by atoms with van der Waals surface area (Å²) in [5.74, 6) is 0.815. The number of rotatable bonds is 7. The van der Waals surface area contributed by atoms with E-state index < -0.39 is 0 Å². The molecule has 4 heteroatoms. The lowest BCUT2D eigenvalue weighted by Crippen LogP contribution is -2.38. The number of nitrogens with one attached hydrogen (secondary N) is 1. The van der Waals surface area contributed by atoms with Gasteiger partial charge in [0.2, 0.25) is 5.91 Å². The zero-order valence-electron chi connectivity index (χ0n) is 11.5. The zero-order valence-corrected chi connectivity index (χ0v) is 11.5. The van der Waals surface area contributed by atoms with Gasteiger partial charge in [0, 0.05) is 25.7 Å². The Morgan fingerprint density at radius 2 is 2.22 bits per heavy atom. The minimum Gasteiger partial charge on any atom is -0.355 e. The molecule has 3 N–H and O–H groups in total. The lowest BCUT2D eigenvalue weighted by atomic mass is 10.0. The minimum absolute atomic E-state index is 0.0101. The van der Waals surface area contributed by atoms with E-state index in [0.717, 1.165) is 25.4 Å². The molecular weight excluding hydrogens is 226 g/mol. The molecule has 1 aliphatic heterocycles. The maximum absolute atomic E-state index is 11.9. The van der Waals surface area contributed by atoms with E-state index in [9.17, 15) is 4.79 Å². The van der Waals surface area contributed by atoms with Crippen molar-refractivity contribution < 1.29 is 4.79 Å². The van der Waals surface area contributed by atoms with Crippen LogP contribution in [-0.4, -0.2) is 43.0 Å². The summed E-state index contributed by atoms with van der Waals surface area (Å²) in [4.78, 5) is 14.5. The van der Waals surface area contributed by atoms with Crippen molar-refractivity contribution in [2.45, 2.75) is 45.1 Å². The predicted molar refractivity (Wildman–Crippen MR) is 73.2 cm³/mol. The third-order valence-corrected chi connectivity index (χ3v) is 4.24. The van der Waals surface area contributed by atoms with Crippen LogP contribution in [-0.2, 0) is 4.79 Å². The van der Waals surface area contributed by atoms with Crippen molar-refractivity contribution in [3.05, 3.63) is 0 Å². The molecule has 0 aromatic heterocycles. The molecule has 0 spiro atoms. The summed E-state index contributed by atoms with van der Waals surface area (Å²) in [5, 5.41) is 3.09. The maximum Gasteiger partial charge on any atom is 0.224 e. The van der Waals surface area contributed by atoms with Crippen LogP contribution >= 0.6 is 0 Å². The number of likely N-dealkylation sites (tertiary alicyclic amines) is 1. The number of hydrogen-bond acceptors (Lipinski definition) is 3. The molecule has 1 aliphatic carbocycles. The second kappa shape index (κ2) is 6.53. The average molecular weight is 253 g/mol. The molecule has 0 aromatic carbocycles. The van der Waals surface area contributed by atoms with Gasteiger partial charge in [-0.05, 0) is 38.1 Å². The average Bonchev–Trinajstić information content (AvgIpc) is 3.12. The monoisotopic (exact) mass is 253 g/mol. The van der Waals surface area contributed by atoms with E-state index in [2.05, 4.69) is 17.1 Å². The van der Waals surface area contributed by atoms with Crippen molar-refractivity contribution in [1.82, 2.24) is 10.2 Å². The first-order valence-corrected chi connectivity index (χ1v) is 7.46. The van der Waals surface area contributed by atoms with Gasteiger partial charge in [-0.1, -0.05) is 13.3 Å². The number of hydrogen-bond donors (Lipinski definition) is 2. The number of nitrogens with zero attached hydrogens (tertiary/aromatic N) is 1. The van der Waals surface area contributed by atoms with Crippen LogP contribution in [0.1, 0.15) is 39.0 Å². The maximum atomic E-state index is 11.9. The second-order valence-corrected chi connectivity index (χ2v) is 5.85. The summed E-state index contributed by atoms with van der Waals surface area (Å²) < 4.78 is 0. The lowest BCUT2D eigenvalue weighted by molar-refractivity contribution is -0.125. The van der Waals surface area contributed by atoms with Crippen molar-refractivity contribution in [2.75, 3.05) is 26.2 Å². The predicted octanol–water partition coefficient (Wildman–Crippen LogP) is 0.962. The van der Waals surface area contributed by atoms with Crippen molar-refractivity contribution in [3.8, 4) is 0 Å². The quantitative estimate of drug-likeness (QED) is 0.710. The topological polar surface area (TPSA) is 58.4 Å². The van der Waals surface area contributed by atoms with Crippen LogP contribution in [0.25, 0.3) is 0 Å². The Morgan fingerprint density at radius 1 is 1.44 bits per heavy atom. The van der Waals surface area contributed by atoms with Crippen LogP contribution in [0.2, 0.25) is 0 Å². The van der Waals surface area contributed by atoms with Gasteiger partial charge in [-0.25, -0.2) is 0 Å². The first kappa shape index (κ1) is 13.8. The lowest BCUT2D eigenvalue weighted by Gasteiger charge is -2.17. The van der Waals surface area contributed by atoms with E-state index in [0.29, 0.717) is 12.5 Å². The van der Waals surface area contributed by atoms with Crippen LogP contribution in [0.15, 0.2) is 0 Å². The molecule has 2 rings (SSSR count). The highest BCUT2D eigenvalue weighted by Gasteiger charge is 2.34. The normalized spacial score (nSPS) is 26.2. The van der Waals surface area contributed by atoms with Gasteiger partial charge in [0.15, 0.2) is 0 Å². The SMILES string of the molecule is CCCC(CN)C(=O)NCC1CCN(C2CC2)C1. The number of carbonyl (C=O) groups excluding carboxylic acids is 1. The molecule has 104 valence electrons.